The van der Waals surface area contributed by atoms with E-state index in [0.717, 1.165) is 11.3 Å². The molecule has 39 heavy (non-hydrogen) atoms. The van der Waals surface area contributed by atoms with Crippen molar-refractivity contribution >= 4 is 57.8 Å². The van der Waals surface area contributed by atoms with Crippen molar-refractivity contribution in [2.45, 2.75) is 12.1 Å². The van der Waals surface area contributed by atoms with Crippen LogP contribution in [0.1, 0.15) is 23.5 Å². The largest absolute Gasteiger partial charge is 0.495 e. The number of halogens is 2. The first-order valence-electron chi connectivity index (χ1n) is 11.9. The normalized spacial score (nSPS) is 16.7. The zero-order valence-electron chi connectivity index (χ0n) is 21.0. The average Bonchev–Trinajstić information content (AvgIpc) is 3.54. The number of nitrogens with one attached hydrogen (secondary N) is 2. The van der Waals surface area contributed by atoms with Gasteiger partial charge >= 0.3 is 0 Å². The van der Waals surface area contributed by atoms with E-state index in [1.54, 1.807) is 30.5 Å². The minimum absolute atomic E-state index is 0.0934. The summed E-state index contributed by atoms with van der Waals surface area (Å²) in [5, 5.41) is 7.72. The van der Waals surface area contributed by atoms with Gasteiger partial charge in [-0.05, 0) is 72.9 Å². The Morgan fingerprint density at radius 2 is 1.97 bits per heavy atom. The number of pyridine rings is 1. The van der Waals surface area contributed by atoms with Crippen molar-refractivity contribution in [3.63, 3.8) is 0 Å². The molecule has 2 aromatic heterocycles. The maximum Gasteiger partial charge on any atom is 0.250 e. The summed E-state index contributed by atoms with van der Waals surface area (Å²) >= 11 is 18.4. The van der Waals surface area contributed by atoms with Crippen molar-refractivity contribution < 1.29 is 18.7 Å². The fourth-order valence-electron chi connectivity index (χ4n) is 4.53. The minimum atomic E-state index is -0.414. The molecule has 1 saturated heterocycles. The summed E-state index contributed by atoms with van der Waals surface area (Å²) in [4.78, 5) is 18.8. The average molecular weight is 583 g/mol. The molecular formula is C28H24Cl2N4O4S. The molecular weight excluding hydrogens is 559 g/mol. The number of thiocarbonyl (C=S) groups is 1. The molecule has 5 rings (SSSR count). The topological polar surface area (TPSA) is 88.9 Å². The molecule has 1 aliphatic rings. The number of benzene rings is 2. The van der Waals surface area contributed by atoms with E-state index >= 15 is 0 Å². The maximum absolute atomic E-state index is 12.3. The van der Waals surface area contributed by atoms with Crippen molar-refractivity contribution in [2.24, 2.45) is 0 Å². The van der Waals surface area contributed by atoms with Gasteiger partial charge in [-0.1, -0.05) is 29.3 Å². The Morgan fingerprint density at radius 3 is 2.69 bits per heavy atom. The molecule has 4 aromatic rings. The van der Waals surface area contributed by atoms with Crippen molar-refractivity contribution in [3.8, 4) is 17.1 Å². The Balaban J connectivity index is 1.59. The third kappa shape index (κ3) is 5.58. The molecule has 11 heteroatoms. The van der Waals surface area contributed by atoms with Gasteiger partial charge in [-0.25, -0.2) is 0 Å². The molecule has 2 atom stereocenters. The van der Waals surface area contributed by atoms with E-state index in [-0.39, 0.29) is 18.6 Å². The Bertz CT molecular complexity index is 1510. The number of rotatable bonds is 8. The highest BCUT2D eigenvalue weighted by Gasteiger charge is 2.43. The van der Waals surface area contributed by atoms with Crippen LogP contribution in [0.25, 0.3) is 11.3 Å². The van der Waals surface area contributed by atoms with Gasteiger partial charge in [0, 0.05) is 29.6 Å². The van der Waals surface area contributed by atoms with Crippen LogP contribution in [0.4, 0.5) is 11.4 Å². The van der Waals surface area contributed by atoms with Gasteiger partial charge in [0.05, 0.1) is 29.6 Å². The summed E-state index contributed by atoms with van der Waals surface area (Å²) in [6.07, 6.45) is 1.73. The first-order valence-corrected chi connectivity index (χ1v) is 13.1. The van der Waals surface area contributed by atoms with Crippen molar-refractivity contribution in [2.75, 3.05) is 31.0 Å². The highest BCUT2D eigenvalue weighted by molar-refractivity contribution is 7.80. The van der Waals surface area contributed by atoms with E-state index in [1.807, 2.05) is 47.4 Å². The molecule has 0 unspecified atom stereocenters. The van der Waals surface area contributed by atoms with Crippen LogP contribution in [0, 0.1) is 0 Å². The molecule has 1 fully saturated rings. The first-order chi connectivity index (χ1) is 18.9. The number of furan rings is 1. The van der Waals surface area contributed by atoms with Crippen molar-refractivity contribution in [1.82, 2.24) is 10.3 Å². The van der Waals surface area contributed by atoms with Gasteiger partial charge in [-0.2, -0.15) is 0 Å². The predicted molar refractivity (Wildman–Crippen MR) is 156 cm³/mol. The Morgan fingerprint density at radius 1 is 1.13 bits per heavy atom. The summed E-state index contributed by atoms with van der Waals surface area (Å²) in [6, 6.07) is 19.4. The number of methoxy groups -OCH3 is 2. The molecule has 8 nitrogen and oxygen atoms in total. The van der Waals surface area contributed by atoms with Gasteiger partial charge in [-0.3, -0.25) is 9.78 Å². The number of hydrogen-bond donors (Lipinski definition) is 2. The Hall–Kier alpha value is -3.63. The lowest BCUT2D eigenvalue weighted by Gasteiger charge is -2.27. The SMILES string of the molecule is COCC(=O)Nc1cc(N2C(=S)N[C@H](c3ccccn3)[C@H]2c2ccc(-c3ccc(Cl)cc3Cl)o2)ccc1OC. The quantitative estimate of drug-likeness (QED) is 0.230. The van der Waals surface area contributed by atoms with Gasteiger partial charge < -0.3 is 29.4 Å². The van der Waals surface area contributed by atoms with Crippen LogP contribution >= 0.6 is 35.4 Å². The number of carbonyl (C=O) groups is 1. The van der Waals surface area contributed by atoms with Crippen LogP contribution in [-0.2, 0) is 9.53 Å². The monoisotopic (exact) mass is 582 g/mol. The summed E-state index contributed by atoms with van der Waals surface area (Å²) in [6.45, 7) is -0.0934. The van der Waals surface area contributed by atoms with E-state index in [2.05, 4.69) is 15.6 Å². The number of amides is 1. The molecule has 0 saturated carbocycles. The van der Waals surface area contributed by atoms with Crippen molar-refractivity contribution in [1.29, 1.82) is 0 Å². The van der Waals surface area contributed by atoms with E-state index < -0.39 is 6.04 Å². The molecule has 0 radical (unpaired) electrons. The molecule has 3 heterocycles. The second kappa shape index (κ2) is 11.6. The van der Waals surface area contributed by atoms with Gasteiger partial charge in [0.25, 0.3) is 0 Å². The van der Waals surface area contributed by atoms with Gasteiger partial charge in [0.15, 0.2) is 5.11 Å². The summed E-state index contributed by atoms with van der Waals surface area (Å²) in [5.74, 6) is 1.41. The number of carbonyl (C=O) groups excluding carboxylic acids is 1. The van der Waals surface area contributed by atoms with Crippen LogP contribution in [0.15, 0.2) is 77.3 Å². The second-order valence-corrected chi connectivity index (χ2v) is 9.92. The lowest BCUT2D eigenvalue weighted by atomic mass is 10.0. The number of hydrogen-bond acceptors (Lipinski definition) is 6. The van der Waals surface area contributed by atoms with Crippen LogP contribution < -0.4 is 20.3 Å². The van der Waals surface area contributed by atoms with E-state index in [9.17, 15) is 4.79 Å². The standard InChI is InChI=1S/C28H24Cl2N4O4S/c1-36-15-25(35)32-21-14-17(7-9-23(21)37-2)34-27(26(33-28(34)39)20-5-3-4-12-31-20)24-11-10-22(38-24)18-8-6-16(29)13-19(18)30/h3-14,26-27H,15H2,1-2H3,(H,32,35)(H,33,39)/t26-,27-/m1/s1. The number of aromatic nitrogens is 1. The summed E-state index contributed by atoms with van der Waals surface area (Å²) in [7, 11) is 2.99. The third-order valence-electron chi connectivity index (χ3n) is 6.22. The molecule has 0 aliphatic carbocycles. The lowest BCUT2D eigenvalue weighted by Crippen LogP contribution is -2.29. The van der Waals surface area contributed by atoms with Crippen LogP contribution in [0.2, 0.25) is 10.0 Å². The molecule has 200 valence electrons. The third-order valence-corrected chi connectivity index (χ3v) is 7.09. The van der Waals surface area contributed by atoms with Gasteiger partial charge in [-0.15, -0.1) is 0 Å². The van der Waals surface area contributed by atoms with Gasteiger partial charge in [0.2, 0.25) is 5.91 Å². The molecule has 2 aromatic carbocycles. The fourth-order valence-corrected chi connectivity index (χ4v) is 5.38. The van der Waals surface area contributed by atoms with Gasteiger partial charge in [0.1, 0.15) is 29.9 Å². The Kier molecular flexibility index (Phi) is 8.04. The zero-order valence-corrected chi connectivity index (χ0v) is 23.3. The number of nitrogens with zero attached hydrogens (tertiary/aromatic N) is 2. The van der Waals surface area contributed by atoms with E-state index in [4.69, 9.17) is 49.3 Å². The summed E-state index contributed by atoms with van der Waals surface area (Å²) in [5.41, 5.74) is 2.70. The smallest absolute Gasteiger partial charge is 0.250 e. The molecule has 1 aliphatic heterocycles. The summed E-state index contributed by atoms with van der Waals surface area (Å²) < 4.78 is 16.8. The number of ether oxygens (including phenoxy) is 2. The first kappa shape index (κ1) is 27.0. The zero-order chi connectivity index (χ0) is 27.5. The van der Waals surface area contributed by atoms with E-state index in [0.29, 0.717) is 43.8 Å². The van der Waals surface area contributed by atoms with Crippen LogP contribution in [0.3, 0.4) is 0 Å². The Labute approximate surface area is 240 Å². The molecule has 0 spiro atoms. The number of anilines is 2. The highest BCUT2D eigenvalue weighted by Crippen LogP contribution is 2.45. The van der Waals surface area contributed by atoms with E-state index in [1.165, 1.54) is 14.2 Å². The lowest BCUT2D eigenvalue weighted by molar-refractivity contribution is -0.119. The van der Waals surface area contributed by atoms with Crippen molar-refractivity contribution in [3.05, 3.63) is 94.4 Å². The molecule has 2 N–H and O–H groups in total. The molecule has 1 amide bonds. The van der Waals surface area contributed by atoms with Crippen LogP contribution in [-0.4, -0.2) is 36.8 Å². The second-order valence-electron chi connectivity index (χ2n) is 8.69. The highest BCUT2D eigenvalue weighted by atomic mass is 35.5. The molecule has 0 bridgehead atoms. The minimum Gasteiger partial charge on any atom is -0.495 e. The van der Waals surface area contributed by atoms with Crippen LogP contribution in [0.5, 0.6) is 5.75 Å². The maximum atomic E-state index is 12.3. The predicted octanol–water partition coefficient (Wildman–Crippen LogP) is 6.42. The fraction of sp³-hybridized carbons (Fsp3) is 0.179.